The number of fused-ring (bicyclic) bond motifs is 1. The third-order valence-corrected chi connectivity index (χ3v) is 5.42. The summed E-state index contributed by atoms with van der Waals surface area (Å²) in [4.78, 5) is 11.9. The number of ether oxygens (including phenoxy) is 1. The maximum absolute atomic E-state index is 12.6. The summed E-state index contributed by atoms with van der Waals surface area (Å²) in [5.74, 6) is 0. The van der Waals surface area contributed by atoms with Crippen LogP contribution >= 0.6 is 0 Å². The van der Waals surface area contributed by atoms with Crippen LogP contribution in [-0.2, 0) is 27.8 Å². The predicted octanol–water partition coefficient (Wildman–Crippen LogP) is 3.30. The summed E-state index contributed by atoms with van der Waals surface area (Å²) < 4.78 is 37.9. The van der Waals surface area contributed by atoms with E-state index in [-0.39, 0.29) is 11.5 Å². The monoisotopic (exact) mass is 373 g/mol. The van der Waals surface area contributed by atoms with Gasteiger partial charge in [0.25, 0.3) is 10.0 Å². The highest BCUT2D eigenvalue weighted by Gasteiger charge is 2.15. The molecular weight excluding hydrogens is 354 g/mol. The highest BCUT2D eigenvalue weighted by molar-refractivity contribution is 7.92. The zero-order valence-corrected chi connectivity index (χ0v) is 15.3. The lowest BCUT2D eigenvalue weighted by atomic mass is 10.1. The van der Waals surface area contributed by atoms with E-state index in [9.17, 15) is 13.2 Å². The first-order valence-corrected chi connectivity index (χ1v) is 9.59. The number of hydrogen-bond donors (Lipinski definition) is 1. The van der Waals surface area contributed by atoms with Gasteiger partial charge in [-0.2, -0.15) is 0 Å². The molecule has 0 saturated carbocycles. The molecule has 0 saturated heterocycles. The predicted molar refractivity (Wildman–Crippen MR) is 99.8 cm³/mol. The molecule has 0 bridgehead atoms. The van der Waals surface area contributed by atoms with Crippen molar-refractivity contribution in [3.05, 3.63) is 70.1 Å². The number of nitrogens with one attached hydrogen (secondary N) is 1. The van der Waals surface area contributed by atoms with Crippen LogP contribution in [0.4, 0.5) is 5.69 Å². The SMILES string of the molecule is CCc1ccc(S(=O)(=O)Nc2ccc3c(COC)cc(=O)oc3c2)cc1. The van der Waals surface area contributed by atoms with Gasteiger partial charge in [0.1, 0.15) is 5.58 Å². The Morgan fingerprint density at radius 2 is 1.81 bits per heavy atom. The van der Waals surface area contributed by atoms with Crippen molar-refractivity contribution in [3.63, 3.8) is 0 Å². The van der Waals surface area contributed by atoms with Gasteiger partial charge in [-0.15, -0.1) is 0 Å². The van der Waals surface area contributed by atoms with Crippen molar-refractivity contribution in [2.45, 2.75) is 24.8 Å². The summed E-state index contributed by atoms with van der Waals surface area (Å²) in [6.07, 6.45) is 0.835. The smallest absolute Gasteiger partial charge is 0.336 e. The number of anilines is 1. The molecule has 2 aromatic carbocycles. The quantitative estimate of drug-likeness (QED) is 0.670. The second-order valence-corrected chi connectivity index (χ2v) is 7.52. The molecule has 3 aromatic rings. The van der Waals surface area contributed by atoms with Crippen LogP contribution in [0.2, 0.25) is 0 Å². The average molecular weight is 373 g/mol. The molecule has 136 valence electrons. The Balaban J connectivity index is 1.96. The van der Waals surface area contributed by atoms with Gasteiger partial charge < -0.3 is 9.15 Å². The molecule has 6 nitrogen and oxygen atoms in total. The second kappa shape index (κ2) is 7.31. The number of rotatable bonds is 6. The van der Waals surface area contributed by atoms with Gasteiger partial charge in [0, 0.05) is 24.6 Å². The lowest BCUT2D eigenvalue weighted by Crippen LogP contribution is -2.13. The molecule has 0 aliphatic heterocycles. The van der Waals surface area contributed by atoms with Crippen LogP contribution in [0, 0.1) is 0 Å². The standard InChI is InChI=1S/C19H19NO5S/c1-3-13-4-7-16(8-5-13)26(22,23)20-15-6-9-17-14(12-24-2)10-19(21)25-18(17)11-15/h4-11,20H,3,12H2,1-2H3. The van der Waals surface area contributed by atoms with E-state index in [2.05, 4.69) is 4.72 Å². The molecule has 1 N–H and O–H groups in total. The Bertz CT molecular complexity index is 1090. The first kappa shape index (κ1) is 18.2. The van der Waals surface area contributed by atoms with Crippen molar-refractivity contribution in [1.82, 2.24) is 0 Å². The molecular formula is C19H19NO5S. The summed E-state index contributed by atoms with van der Waals surface area (Å²) >= 11 is 0. The minimum absolute atomic E-state index is 0.171. The van der Waals surface area contributed by atoms with Crippen molar-refractivity contribution in [2.24, 2.45) is 0 Å². The summed E-state index contributed by atoms with van der Waals surface area (Å²) in [5, 5.41) is 0.696. The number of hydrogen-bond acceptors (Lipinski definition) is 5. The number of aryl methyl sites for hydroxylation is 1. The summed E-state index contributed by atoms with van der Waals surface area (Å²) in [6, 6.07) is 12.9. The number of sulfonamides is 1. The molecule has 0 spiro atoms. The molecule has 0 amide bonds. The Morgan fingerprint density at radius 1 is 1.08 bits per heavy atom. The molecule has 0 fully saturated rings. The molecule has 26 heavy (non-hydrogen) atoms. The summed E-state index contributed by atoms with van der Waals surface area (Å²) in [7, 11) is -2.20. The molecule has 3 rings (SSSR count). The van der Waals surface area contributed by atoms with E-state index in [0.717, 1.165) is 12.0 Å². The minimum Gasteiger partial charge on any atom is -0.423 e. The molecule has 1 aromatic heterocycles. The lowest BCUT2D eigenvalue weighted by Gasteiger charge is -2.10. The number of methoxy groups -OCH3 is 1. The van der Waals surface area contributed by atoms with Crippen LogP contribution in [0.25, 0.3) is 11.0 Å². The van der Waals surface area contributed by atoms with E-state index >= 15 is 0 Å². The van der Waals surface area contributed by atoms with Crippen LogP contribution < -0.4 is 10.3 Å². The summed E-state index contributed by atoms with van der Waals surface area (Å²) in [6.45, 7) is 2.26. The van der Waals surface area contributed by atoms with Crippen LogP contribution in [0.1, 0.15) is 18.1 Å². The molecule has 0 aliphatic carbocycles. The minimum atomic E-state index is -3.73. The van der Waals surface area contributed by atoms with Crippen molar-refractivity contribution in [1.29, 1.82) is 0 Å². The van der Waals surface area contributed by atoms with Gasteiger partial charge >= 0.3 is 5.63 Å². The van der Waals surface area contributed by atoms with Gasteiger partial charge in [0.2, 0.25) is 0 Å². The maximum Gasteiger partial charge on any atom is 0.336 e. The Labute approximate surface area is 151 Å². The van der Waals surface area contributed by atoms with E-state index in [1.165, 1.54) is 19.2 Å². The van der Waals surface area contributed by atoms with Crippen molar-refractivity contribution < 1.29 is 17.6 Å². The third kappa shape index (κ3) is 3.79. The van der Waals surface area contributed by atoms with Gasteiger partial charge in [0.05, 0.1) is 17.2 Å². The van der Waals surface area contributed by atoms with Crippen molar-refractivity contribution in [3.8, 4) is 0 Å². The molecule has 0 aliphatic rings. The van der Waals surface area contributed by atoms with Crippen LogP contribution in [-0.4, -0.2) is 15.5 Å². The van der Waals surface area contributed by atoms with Crippen LogP contribution in [0.15, 0.2) is 62.6 Å². The highest BCUT2D eigenvalue weighted by atomic mass is 32.2. The van der Waals surface area contributed by atoms with Gasteiger partial charge in [-0.3, -0.25) is 4.72 Å². The van der Waals surface area contributed by atoms with Gasteiger partial charge in [-0.1, -0.05) is 19.1 Å². The first-order valence-electron chi connectivity index (χ1n) is 8.10. The Hall–Kier alpha value is -2.64. The fraction of sp³-hybridized carbons (Fsp3) is 0.211. The second-order valence-electron chi connectivity index (χ2n) is 5.84. The normalized spacial score (nSPS) is 11.6. The topological polar surface area (TPSA) is 85.6 Å². The molecule has 0 unspecified atom stereocenters. The zero-order valence-electron chi connectivity index (χ0n) is 14.5. The lowest BCUT2D eigenvalue weighted by molar-refractivity contribution is 0.185. The van der Waals surface area contributed by atoms with Crippen LogP contribution in [0.3, 0.4) is 0 Å². The Kier molecular flexibility index (Phi) is 5.11. The average Bonchev–Trinajstić information content (AvgIpc) is 2.61. The van der Waals surface area contributed by atoms with E-state index in [1.807, 2.05) is 6.92 Å². The van der Waals surface area contributed by atoms with E-state index in [1.54, 1.807) is 36.4 Å². The first-order chi connectivity index (χ1) is 12.4. The summed E-state index contributed by atoms with van der Waals surface area (Å²) in [5.41, 5.74) is 1.84. The molecule has 0 radical (unpaired) electrons. The third-order valence-electron chi connectivity index (χ3n) is 4.02. The van der Waals surface area contributed by atoms with Gasteiger partial charge in [-0.25, -0.2) is 13.2 Å². The van der Waals surface area contributed by atoms with Crippen molar-refractivity contribution in [2.75, 3.05) is 11.8 Å². The van der Waals surface area contributed by atoms with E-state index in [0.29, 0.717) is 22.2 Å². The maximum atomic E-state index is 12.6. The number of benzene rings is 2. The highest BCUT2D eigenvalue weighted by Crippen LogP contribution is 2.24. The Morgan fingerprint density at radius 3 is 2.46 bits per heavy atom. The van der Waals surface area contributed by atoms with Gasteiger partial charge in [0.15, 0.2) is 0 Å². The zero-order chi connectivity index (χ0) is 18.7. The fourth-order valence-corrected chi connectivity index (χ4v) is 3.74. The molecule has 0 atom stereocenters. The van der Waals surface area contributed by atoms with Crippen LogP contribution in [0.5, 0.6) is 0 Å². The molecule has 7 heteroatoms. The van der Waals surface area contributed by atoms with E-state index < -0.39 is 15.6 Å². The fourth-order valence-electron chi connectivity index (χ4n) is 2.69. The largest absolute Gasteiger partial charge is 0.423 e. The van der Waals surface area contributed by atoms with Gasteiger partial charge in [-0.05, 0) is 41.8 Å². The molecule has 1 heterocycles. The van der Waals surface area contributed by atoms with Crippen molar-refractivity contribution >= 4 is 26.7 Å². The van der Waals surface area contributed by atoms with E-state index in [4.69, 9.17) is 9.15 Å².